The van der Waals surface area contributed by atoms with E-state index >= 15 is 0 Å². The van der Waals surface area contributed by atoms with E-state index in [0.29, 0.717) is 47.0 Å². The number of fused-ring (bicyclic) bond motifs is 2. The van der Waals surface area contributed by atoms with Crippen molar-refractivity contribution in [3.05, 3.63) is 27.7 Å². The minimum Gasteiger partial charge on any atom is -0.336 e. The third-order valence-corrected chi connectivity index (χ3v) is 4.07. The number of carbonyl (C=O) groups is 1. The first-order valence-corrected chi connectivity index (χ1v) is 7.31. The molecule has 0 aliphatic carbocycles. The molecule has 6 heteroatoms. The molecule has 2 heterocycles. The van der Waals surface area contributed by atoms with Gasteiger partial charge in [-0.15, -0.1) is 0 Å². The van der Waals surface area contributed by atoms with Crippen molar-refractivity contribution in [2.24, 2.45) is 5.92 Å². The van der Waals surface area contributed by atoms with Gasteiger partial charge in [-0.25, -0.2) is 0 Å². The lowest BCUT2D eigenvalue weighted by molar-refractivity contribution is -0.180. The SMILES string of the molecule is CC(C)CN1C(=O)C2(OCCO2)c2c(Cl)ccc(Cl)c21. The van der Waals surface area contributed by atoms with E-state index in [0.717, 1.165) is 0 Å². The number of anilines is 1. The van der Waals surface area contributed by atoms with Crippen LogP contribution >= 0.6 is 23.2 Å². The van der Waals surface area contributed by atoms with Crippen LogP contribution in [0.5, 0.6) is 0 Å². The minimum absolute atomic E-state index is 0.242. The summed E-state index contributed by atoms with van der Waals surface area (Å²) in [6, 6.07) is 3.36. The van der Waals surface area contributed by atoms with Gasteiger partial charge in [0.15, 0.2) is 0 Å². The lowest BCUT2D eigenvalue weighted by Gasteiger charge is -2.23. The second kappa shape index (κ2) is 4.88. The summed E-state index contributed by atoms with van der Waals surface area (Å²) in [5, 5.41) is 0.917. The number of nitrogens with zero attached hydrogens (tertiary/aromatic N) is 1. The highest BCUT2D eigenvalue weighted by Crippen LogP contribution is 2.51. The summed E-state index contributed by atoms with van der Waals surface area (Å²) in [5.41, 5.74) is 1.15. The van der Waals surface area contributed by atoms with E-state index in [-0.39, 0.29) is 5.91 Å². The Morgan fingerprint density at radius 1 is 1.25 bits per heavy atom. The van der Waals surface area contributed by atoms with E-state index < -0.39 is 5.79 Å². The molecule has 1 amide bonds. The van der Waals surface area contributed by atoms with Gasteiger partial charge in [-0.2, -0.15) is 0 Å². The average molecular weight is 316 g/mol. The zero-order valence-corrected chi connectivity index (χ0v) is 12.8. The number of amides is 1. The maximum atomic E-state index is 12.8. The Kier molecular flexibility index (Phi) is 3.45. The lowest BCUT2D eigenvalue weighted by atomic mass is 10.1. The molecule has 108 valence electrons. The molecule has 0 unspecified atom stereocenters. The van der Waals surface area contributed by atoms with E-state index in [1.807, 2.05) is 13.8 Å². The van der Waals surface area contributed by atoms with Crippen LogP contribution in [0.3, 0.4) is 0 Å². The quantitative estimate of drug-likeness (QED) is 0.841. The first-order valence-electron chi connectivity index (χ1n) is 6.55. The molecule has 2 aliphatic rings. The monoisotopic (exact) mass is 315 g/mol. The molecule has 1 saturated heterocycles. The highest BCUT2D eigenvalue weighted by Gasteiger charge is 2.57. The van der Waals surface area contributed by atoms with Crippen molar-refractivity contribution in [3.63, 3.8) is 0 Å². The van der Waals surface area contributed by atoms with Crippen molar-refractivity contribution < 1.29 is 14.3 Å². The van der Waals surface area contributed by atoms with Gasteiger partial charge in [0.2, 0.25) is 0 Å². The zero-order chi connectivity index (χ0) is 14.5. The first-order chi connectivity index (χ1) is 9.47. The number of hydrogen-bond donors (Lipinski definition) is 0. The van der Waals surface area contributed by atoms with Gasteiger partial charge in [0, 0.05) is 6.54 Å². The van der Waals surface area contributed by atoms with E-state index in [4.69, 9.17) is 32.7 Å². The number of rotatable bonds is 2. The summed E-state index contributed by atoms with van der Waals surface area (Å²) < 4.78 is 11.3. The highest BCUT2D eigenvalue weighted by molar-refractivity contribution is 6.38. The fourth-order valence-corrected chi connectivity index (χ4v) is 3.26. The highest BCUT2D eigenvalue weighted by atomic mass is 35.5. The van der Waals surface area contributed by atoms with Crippen LogP contribution in [0.2, 0.25) is 10.0 Å². The standard InChI is InChI=1S/C14H15Cl2NO3/c1-8(2)7-17-12-10(16)4-3-9(15)11(12)14(13(17)18)19-5-6-20-14/h3-4,8H,5-7H2,1-2H3. The van der Waals surface area contributed by atoms with Crippen molar-refractivity contribution in [2.45, 2.75) is 19.6 Å². The van der Waals surface area contributed by atoms with Gasteiger partial charge in [0.25, 0.3) is 11.7 Å². The largest absolute Gasteiger partial charge is 0.336 e. The molecule has 0 bridgehead atoms. The Morgan fingerprint density at radius 3 is 2.45 bits per heavy atom. The predicted octanol–water partition coefficient (Wildman–Crippen LogP) is 3.20. The Labute approximate surface area is 127 Å². The van der Waals surface area contributed by atoms with Gasteiger partial charge >= 0.3 is 0 Å². The van der Waals surface area contributed by atoms with Crippen LogP contribution in [0.25, 0.3) is 0 Å². The predicted molar refractivity (Wildman–Crippen MR) is 77.2 cm³/mol. The average Bonchev–Trinajstić information content (AvgIpc) is 2.95. The van der Waals surface area contributed by atoms with Crippen LogP contribution < -0.4 is 4.90 Å². The summed E-state index contributed by atoms with van der Waals surface area (Å²) in [7, 11) is 0. The van der Waals surface area contributed by atoms with Crippen LogP contribution in [0, 0.1) is 5.92 Å². The van der Waals surface area contributed by atoms with Crippen LogP contribution in [-0.4, -0.2) is 25.7 Å². The molecular weight excluding hydrogens is 301 g/mol. The maximum absolute atomic E-state index is 12.8. The van der Waals surface area contributed by atoms with Gasteiger partial charge in [0.1, 0.15) is 0 Å². The van der Waals surface area contributed by atoms with Gasteiger partial charge in [-0.3, -0.25) is 4.79 Å². The van der Waals surface area contributed by atoms with E-state index in [9.17, 15) is 4.79 Å². The molecule has 0 radical (unpaired) electrons. The van der Waals surface area contributed by atoms with Crippen molar-refractivity contribution in [1.82, 2.24) is 0 Å². The molecule has 1 aromatic carbocycles. The van der Waals surface area contributed by atoms with Gasteiger partial charge in [-0.1, -0.05) is 37.0 Å². The van der Waals surface area contributed by atoms with E-state index in [2.05, 4.69) is 0 Å². The molecule has 4 nitrogen and oxygen atoms in total. The third kappa shape index (κ3) is 1.86. The smallest absolute Gasteiger partial charge is 0.292 e. The Hall–Kier alpha value is -0.810. The van der Waals surface area contributed by atoms with Gasteiger partial charge in [-0.05, 0) is 18.1 Å². The first kappa shape index (κ1) is 14.1. The second-order valence-corrected chi connectivity index (χ2v) is 6.19. The summed E-state index contributed by atoms with van der Waals surface area (Å²) in [6.45, 7) is 5.34. The molecule has 2 aliphatic heterocycles. The van der Waals surface area contributed by atoms with Gasteiger partial charge in [0.05, 0.1) is 34.5 Å². The molecule has 1 aromatic rings. The van der Waals surface area contributed by atoms with Crippen LogP contribution in [-0.2, 0) is 20.1 Å². The number of hydrogen-bond acceptors (Lipinski definition) is 3. The van der Waals surface area contributed by atoms with Crippen molar-refractivity contribution in [2.75, 3.05) is 24.7 Å². The summed E-state index contributed by atoms with van der Waals surface area (Å²) >= 11 is 12.6. The fraction of sp³-hybridized carbons (Fsp3) is 0.500. The minimum atomic E-state index is -1.41. The molecule has 0 N–H and O–H groups in total. The Morgan fingerprint density at radius 2 is 1.85 bits per heavy atom. The normalized spacial score (nSPS) is 20.2. The molecule has 1 spiro atoms. The van der Waals surface area contributed by atoms with Crippen molar-refractivity contribution in [1.29, 1.82) is 0 Å². The topological polar surface area (TPSA) is 38.8 Å². The number of benzene rings is 1. The number of ether oxygens (including phenoxy) is 2. The summed E-state index contributed by atoms with van der Waals surface area (Å²) in [4.78, 5) is 14.4. The van der Waals surface area contributed by atoms with Crippen LogP contribution in [0.15, 0.2) is 12.1 Å². The van der Waals surface area contributed by atoms with Crippen molar-refractivity contribution >= 4 is 34.8 Å². The second-order valence-electron chi connectivity index (χ2n) is 5.38. The molecule has 20 heavy (non-hydrogen) atoms. The number of halogens is 2. The fourth-order valence-electron chi connectivity index (χ4n) is 2.72. The number of carbonyl (C=O) groups excluding carboxylic acids is 1. The van der Waals surface area contributed by atoms with Crippen LogP contribution in [0.4, 0.5) is 5.69 Å². The Bertz CT molecular complexity index is 568. The summed E-state index contributed by atoms with van der Waals surface area (Å²) in [6.07, 6.45) is 0. The maximum Gasteiger partial charge on any atom is 0.292 e. The molecule has 0 aromatic heterocycles. The van der Waals surface area contributed by atoms with Crippen molar-refractivity contribution in [3.8, 4) is 0 Å². The zero-order valence-electron chi connectivity index (χ0n) is 11.3. The third-order valence-electron chi connectivity index (χ3n) is 3.45. The molecule has 1 fully saturated rings. The lowest BCUT2D eigenvalue weighted by Crippen LogP contribution is -2.42. The molecule has 0 atom stereocenters. The molecule has 3 rings (SSSR count). The van der Waals surface area contributed by atoms with Crippen LogP contribution in [0.1, 0.15) is 19.4 Å². The van der Waals surface area contributed by atoms with E-state index in [1.54, 1.807) is 17.0 Å². The molecular formula is C14H15Cl2NO3. The summed E-state index contributed by atoms with van der Waals surface area (Å²) in [5.74, 6) is -1.36. The van der Waals surface area contributed by atoms with Gasteiger partial charge < -0.3 is 14.4 Å². The van der Waals surface area contributed by atoms with E-state index in [1.165, 1.54) is 0 Å². The molecule has 0 saturated carbocycles. The Balaban J connectivity index is 2.21.